The van der Waals surface area contributed by atoms with Gasteiger partial charge >= 0.3 is 10.2 Å². The number of hydrogen-bond donors (Lipinski definition) is 2. The van der Waals surface area contributed by atoms with Crippen LogP contribution < -0.4 is 14.4 Å². The summed E-state index contributed by atoms with van der Waals surface area (Å²) >= 11 is 6.41. The zero-order valence-electron chi connectivity index (χ0n) is 33.1. The van der Waals surface area contributed by atoms with Crippen LogP contribution in [0.4, 0.5) is 5.69 Å². The zero-order valence-corrected chi connectivity index (χ0v) is 34.7. The van der Waals surface area contributed by atoms with Crippen molar-refractivity contribution in [2.45, 2.75) is 76.2 Å². The topological polar surface area (TPSA) is 141 Å². The quantitative estimate of drug-likeness (QED) is 0.393. The van der Waals surface area contributed by atoms with E-state index >= 15 is 0 Å². The van der Waals surface area contributed by atoms with E-state index in [9.17, 15) is 23.1 Å². The van der Waals surface area contributed by atoms with E-state index in [1.165, 1.54) is 19.0 Å². The predicted octanol–water partition coefficient (Wildman–Crippen LogP) is 4.11. The first-order valence-corrected chi connectivity index (χ1v) is 21.7. The second kappa shape index (κ2) is 18.6. The number of nitrogens with one attached hydrogen (secondary N) is 1. The van der Waals surface area contributed by atoms with Crippen molar-refractivity contribution < 1.29 is 37.3 Å². The molecule has 2 aromatic carbocycles. The van der Waals surface area contributed by atoms with Gasteiger partial charge in [0, 0.05) is 64.9 Å². The molecule has 2 N–H and O–H groups in total. The molecule has 308 valence electrons. The fourth-order valence-corrected chi connectivity index (χ4v) is 8.82. The van der Waals surface area contributed by atoms with Crippen LogP contribution in [0.1, 0.15) is 62.1 Å². The molecule has 1 saturated heterocycles. The van der Waals surface area contributed by atoms with Crippen molar-refractivity contribution in [1.82, 2.24) is 18.8 Å². The minimum absolute atomic E-state index is 0.0933. The van der Waals surface area contributed by atoms with Crippen molar-refractivity contribution in [1.29, 1.82) is 0 Å². The van der Waals surface area contributed by atoms with E-state index in [0.29, 0.717) is 55.2 Å². The molecule has 1 aliphatic carbocycles. The van der Waals surface area contributed by atoms with Gasteiger partial charge in [-0.1, -0.05) is 35.9 Å². The summed E-state index contributed by atoms with van der Waals surface area (Å²) in [5.74, 6) is -0.634. The highest BCUT2D eigenvalue weighted by Crippen LogP contribution is 2.43. The third-order valence-corrected chi connectivity index (χ3v) is 13.5. The van der Waals surface area contributed by atoms with Crippen molar-refractivity contribution in [3.63, 3.8) is 0 Å². The molecule has 3 heterocycles. The summed E-state index contributed by atoms with van der Waals surface area (Å²) in [4.78, 5) is 33.9. The molecule has 4 aliphatic rings. The number of hydrogen-bond acceptors (Lipinski definition) is 10. The molecule has 0 spiro atoms. The van der Waals surface area contributed by atoms with Crippen LogP contribution in [-0.4, -0.2) is 125 Å². The molecule has 6 rings (SSSR count). The largest absolute Gasteiger partial charge is 0.487 e. The highest BCUT2D eigenvalue weighted by Gasteiger charge is 2.44. The summed E-state index contributed by atoms with van der Waals surface area (Å²) < 4.78 is 47.5. The number of nitrogens with zero attached hydrogens (tertiary/aromatic N) is 4. The Labute approximate surface area is 337 Å². The number of carbonyl (C=O) groups excluding carboxylic acids is 2. The highest BCUT2D eigenvalue weighted by molar-refractivity contribution is 7.87. The van der Waals surface area contributed by atoms with E-state index in [4.69, 9.17) is 25.8 Å². The lowest BCUT2D eigenvalue weighted by Gasteiger charge is -2.44. The number of carbonyl (C=O) groups is 2. The molecule has 13 nitrogen and oxygen atoms in total. The molecule has 5 atom stereocenters. The predicted molar refractivity (Wildman–Crippen MR) is 216 cm³/mol. The minimum Gasteiger partial charge on any atom is -0.487 e. The van der Waals surface area contributed by atoms with Crippen molar-refractivity contribution in [2.24, 2.45) is 11.8 Å². The molecule has 56 heavy (non-hydrogen) atoms. The van der Waals surface area contributed by atoms with Crippen LogP contribution in [0.2, 0.25) is 5.02 Å². The Morgan fingerprint density at radius 2 is 1.93 bits per heavy atom. The van der Waals surface area contributed by atoms with Gasteiger partial charge in [0.05, 0.1) is 38.0 Å². The van der Waals surface area contributed by atoms with E-state index < -0.39 is 34.0 Å². The molecule has 0 aromatic heterocycles. The first-order valence-electron chi connectivity index (χ1n) is 19.9. The maximum Gasteiger partial charge on any atom is 0.303 e. The smallest absolute Gasteiger partial charge is 0.303 e. The Bertz CT molecular complexity index is 1850. The number of fused-ring (bicyclic) bond motifs is 3. The fourth-order valence-electron chi connectivity index (χ4n) is 8.04. The molecule has 2 aromatic rings. The molecule has 2 fully saturated rings. The van der Waals surface area contributed by atoms with E-state index in [1.54, 1.807) is 25.2 Å². The lowest BCUT2D eigenvalue weighted by atomic mass is 9.70. The van der Waals surface area contributed by atoms with Gasteiger partial charge in [-0.2, -0.15) is 12.7 Å². The van der Waals surface area contributed by atoms with Crippen LogP contribution in [0.3, 0.4) is 0 Å². The number of halogens is 1. The third-order valence-electron chi connectivity index (χ3n) is 11.9. The zero-order chi connectivity index (χ0) is 40.0. The Hall–Kier alpha value is -3.24. The van der Waals surface area contributed by atoms with Gasteiger partial charge < -0.3 is 29.1 Å². The fraction of sp³-hybridized carbons (Fsp3) is 0.610. The SMILES string of the molecule is C[C@H]1COCCN1CCO[C@H]1/C=C/CCN(C)C(=O)C[C@](O)(C(=O)NS(=O)(=O)N(C)C)c2ccc3c(c2)N(CCCCc2cc(Cl)ccc2CO3)C[C@@H]2CC[C@H]21. The standard InChI is InChI=1S/C41H58ClN5O8S/c1-29-27-53-21-19-46(29)20-22-54-37-10-6-7-17-45(4)39(48)25-41(50,40(49)43-56(51,52)44(2)3)33-13-16-38-36(24-33)47(26-31-12-15-35(31)37)18-8-5-9-30-23-34(42)14-11-32(30)28-55-38/h6,10-11,13-14,16,23-24,29,31,35,37,50H,5,7-9,12,15,17-22,25-28H2,1-4H3,(H,43,49)/b10-6+/t29-,31-,35+,37-,41+/m0/s1. The average molecular weight is 816 g/mol. The van der Waals surface area contributed by atoms with Gasteiger partial charge in [0.25, 0.3) is 5.91 Å². The van der Waals surface area contributed by atoms with E-state index in [2.05, 4.69) is 28.9 Å². The van der Waals surface area contributed by atoms with Gasteiger partial charge in [-0.25, -0.2) is 4.72 Å². The Kier molecular flexibility index (Phi) is 14.0. The van der Waals surface area contributed by atoms with Gasteiger partial charge in [-0.15, -0.1) is 0 Å². The Balaban J connectivity index is 1.37. The number of ether oxygens (including phenoxy) is 3. The first kappa shape index (κ1) is 42.4. The van der Waals surface area contributed by atoms with Gasteiger partial charge in [0.2, 0.25) is 5.91 Å². The van der Waals surface area contributed by atoms with E-state index in [1.807, 2.05) is 22.9 Å². The summed E-state index contributed by atoms with van der Waals surface area (Å²) in [6.45, 7) is 7.88. The maximum absolute atomic E-state index is 13.9. The van der Waals surface area contributed by atoms with Crippen LogP contribution in [-0.2, 0) is 47.9 Å². The number of amides is 2. The molecule has 0 radical (unpaired) electrons. The van der Waals surface area contributed by atoms with Gasteiger partial charge in [-0.05, 0) is 98.2 Å². The molecular formula is C41H58ClN5O8S. The number of anilines is 1. The maximum atomic E-state index is 13.9. The highest BCUT2D eigenvalue weighted by atomic mass is 35.5. The summed E-state index contributed by atoms with van der Waals surface area (Å²) in [5.41, 5.74) is 0.379. The summed E-state index contributed by atoms with van der Waals surface area (Å²) in [7, 11) is -0.128. The summed E-state index contributed by atoms with van der Waals surface area (Å²) in [6.07, 6.45) is 8.57. The number of benzene rings is 2. The van der Waals surface area contributed by atoms with Crippen LogP contribution in [0.25, 0.3) is 0 Å². The van der Waals surface area contributed by atoms with Gasteiger partial charge in [-0.3, -0.25) is 14.5 Å². The van der Waals surface area contributed by atoms with Crippen LogP contribution in [0.15, 0.2) is 48.6 Å². The minimum atomic E-state index is -4.30. The molecule has 2 amide bonds. The van der Waals surface area contributed by atoms with Gasteiger partial charge in [0.15, 0.2) is 5.60 Å². The Morgan fingerprint density at radius 1 is 1.11 bits per heavy atom. The average Bonchev–Trinajstić information content (AvgIpc) is 3.18. The van der Waals surface area contributed by atoms with Crippen molar-refractivity contribution in [2.75, 3.05) is 78.6 Å². The molecule has 15 heteroatoms. The van der Waals surface area contributed by atoms with Crippen LogP contribution in [0, 0.1) is 11.8 Å². The molecule has 0 unspecified atom stereocenters. The van der Waals surface area contributed by atoms with E-state index in [0.717, 1.165) is 73.8 Å². The van der Waals surface area contributed by atoms with Crippen molar-refractivity contribution in [3.05, 3.63) is 70.3 Å². The van der Waals surface area contributed by atoms with Gasteiger partial charge in [0.1, 0.15) is 12.4 Å². The van der Waals surface area contributed by atoms with Crippen molar-refractivity contribution in [3.8, 4) is 5.75 Å². The second-order valence-corrected chi connectivity index (χ2v) is 18.2. The number of aryl methyl sites for hydroxylation is 1. The normalized spacial score (nSPS) is 27.6. The monoisotopic (exact) mass is 815 g/mol. The van der Waals surface area contributed by atoms with Crippen molar-refractivity contribution >= 4 is 39.3 Å². The third kappa shape index (κ3) is 10.1. The molecule has 3 aliphatic heterocycles. The molecule has 1 saturated carbocycles. The summed E-state index contributed by atoms with van der Waals surface area (Å²) in [6, 6.07) is 11.1. The first-order chi connectivity index (χ1) is 26.7. The van der Waals surface area contributed by atoms with Crippen LogP contribution >= 0.6 is 11.6 Å². The number of aliphatic hydroxyl groups is 1. The lowest BCUT2D eigenvalue weighted by molar-refractivity contribution is -0.148. The lowest BCUT2D eigenvalue weighted by Crippen LogP contribution is -2.51. The Morgan fingerprint density at radius 3 is 2.68 bits per heavy atom. The number of morpholine rings is 1. The second-order valence-electron chi connectivity index (χ2n) is 15.9. The number of rotatable bonds is 7. The van der Waals surface area contributed by atoms with Crippen LogP contribution in [0.5, 0.6) is 5.75 Å². The molecule has 2 bridgehead atoms. The summed E-state index contributed by atoms with van der Waals surface area (Å²) in [5, 5.41) is 13.0. The van der Waals surface area contributed by atoms with E-state index in [-0.39, 0.29) is 30.1 Å². The molecular weight excluding hydrogens is 758 g/mol.